The predicted octanol–water partition coefficient (Wildman–Crippen LogP) is 4.62. The van der Waals surface area contributed by atoms with Crippen LogP contribution in [-0.4, -0.2) is 18.5 Å². The molecule has 1 saturated heterocycles. The number of ether oxygens (including phenoxy) is 1. The largest absolute Gasteiger partial charge is 0.377 e. The molecule has 0 radical (unpaired) electrons. The first-order valence-electron chi connectivity index (χ1n) is 8.29. The van der Waals surface area contributed by atoms with Gasteiger partial charge in [0.05, 0.1) is 6.10 Å². The molecule has 0 amide bonds. The Kier molecular flexibility index (Phi) is 3.62. The number of carbonyl (C=O) groups is 1. The molecule has 0 saturated carbocycles. The lowest BCUT2D eigenvalue weighted by atomic mass is 9.81. The molecule has 2 aromatic rings. The van der Waals surface area contributed by atoms with Crippen LogP contribution in [0.1, 0.15) is 47.2 Å². The molecule has 0 spiro atoms. The summed E-state index contributed by atoms with van der Waals surface area (Å²) in [5.74, 6) is 0.292. The van der Waals surface area contributed by atoms with Gasteiger partial charge in [-0.05, 0) is 36.5 Å². The van der Waals surface area contributed by atoms with Gasteiger partial charge in [-0.15, -0.1) is 0 Å². The smallest absolute Gasteiger partial charge is 0.189 e. The van der Waals surface area contributed by atoms with Gasteiger partial charge in [-0.3, -0.25) is 4.79 Å². The number of hydrogen-bond acceptors (Lipinski definition) is 2. The molecule has 2 heteroatoms. The highest BCUT2D eigenvalue weighted by Crippen LogP contribution is 2.46. The summed E-state index contributed by atoms with van der Waals surface area (Å²) >= 11 is 0. The quantitative estimate of drug-likeness (QED) is 0.827. The van der Waals surface area contributed by atoms with Crippen molar-refractivity contribution in [1.82, 2.24) is 0 Å². The average Bonchev–Trinajstić information content (AvgIpc) is 3.20. The SMILES string of the molecule is CC1=C(C(c2ccccc2)C2CCCO2)c2ccccc2C1=O. The summed E-state index contributed by atoms with van der Waals surface area (Å²) in [6.45, 7) is 2.78. The van der Waals surface area contributed by atoms with Crippen LogP contribution in [0.25, 0.3) is 5.57 Å². The molecule has 0 bridgehead atoms. The number of hydrogen-bond donors (Lipinski definition) is 0. The van der Waals surface area contributed by atoms with E-state index in [0.717, 1.165) is 41.7 Å². The Morgan fingerprint density at radius 1 is 1.00 bits per heavy atom. The Morgan fingerprint density at radius 2 is 1.70 bits per heavy atom. The third-order valence-electron chi connectivity index (χ3n) is 5.01. The van der Waals surface area contributed by atoms with E-state index in [-0.39, 0.29) is 17.8 Å². The van der Waals surface area contributed by atoms with Gasteiger partial charge in [0.2, 0.25) is 0 Å². The zero-order chi connectivity index (χ0) is 15.8. The van der Waals surface area contributed by atoms with E-state index in [2.05, 4.69) is 30.3 Å². The van der Waals surface area contributed by atoms with Crippen molar-refractivity contribution >= 4 is 11.4 Å². The Bertz CT molecular complexity index is 767. The van der Waals surface area contributed by atoms with Gasteiger partial charge < -0.3 is 4.74 Å². The van der Waals surface area contributed by atoms with Gasteiger partial charge in [0, 0.05) is 23.7 Å². The lowest BCUT2D eigenvalue weighted by molar-refractivity contribution is 0.101. The number of benzene rings is 2. The Hall–Kier alpha value is -2.19. The first kappa shape index (κ1) is 14.4. The summed E-state index contributed by atoms with van der Waals surface area (Å²) in [4.78, 5) is 12.7. The molecule has 2 unspecified atom stereocenters. The van der Waals surface area contributed by atoms with Crippen LogP contribution < -0.4 is 0 Å². The average molecular weight is 304 g/mol. The maximum atomic E-state index is 12.7. The first-order valence-corrected chi connectivity index (χ1v) is 8.29. The van der Waals surface area contributed by atoms with Crippen LogP contribution in [0.3, 0.4) is 0 Å². The number of allylic oxidation sites excluding steroid dienone is 1. The normalized spacial score (nSPS) is 21.6. The second kappa shape index (κ2) is 5.78. The summed E-state index contributed by atoms with van der Waals surface area (Å²) in [6.07, 6.45) is 2.30. The highest BCUT2D eigenvalue weighted by molar-refractivity contribution is 6.21. The summed E-state index contributed by atoms with van der Waals surface area (Å²) in [6, 6.07) is 18.4. The van der Waals surface area contributed by atoms with E-state index in [1.807, 2.05) is 31.2 Å². The molecule has 2 aromatic carbocycles. The Morgan fingerprint density at radius 3 is 2.39 bits per heavy atom. The topological polar surface area (TPSA) is 26.3 Å². The van der Waals surface area contributed by atoms with Gasteiger partial charge in [0.15, 0.2) is 5.78 Å². The van der Waals surface area contributed by atoms with Crippen LogP contribution in [0.2, 0.25) is 0 Å². The van der Waals surface area contributed by atoms with Crippen LogP contribution in [0.4, 0.5) is 0 Å². The molecule has 0 N–H and O–H groups in total. The van der Waals surface area contributed by atoms with Gasteiger partial charge in [-0.25, -0.2) is 0 Å². The highest BCUT2D eigenvalue weighted by atomic mass is 16.5. The summed E-state index contributed by atoms with van der Waals surface area (Å²) in [7, 11) is 0. The number of fused-ring (bicyclic) bond motifs is 1. The van der Waals surface area contributed by atoms with E-state index in [9.17, 15) is 4.79 Å². The van der Waals surface area contributed by atoms with Gasteiger partial charge in [0.1, 0.15) is 0 Å². The fourth-order valence-electron chi connectivity index (χ4n) is 3.94. The van der Waals surface area contributed by atoms with Crippen molar-refractivity contribution in [1.29, 1.82) is 0 Å². The molecular weight excluding hydrogens is 284 g/mol. The minimum atomic E-state index is 0.131. The standard InChI is InChI=1S/C21H20O2/c1-14-19(16-10-5-6-11-17(16)21(14)22)20(18-12-7-13-23-18)15-8-3-2-4-9-15/h2-6,8-11,18,20H,7,12-13H2,1H3. The highest BCUT2D eigenvalue weighted by Gasteiger charge is 2.37. The molecule has 1 aliphatic heterocycles. The third kappa shape index (κ3) is 2.34. The Labute approximate surface area is 136 Å². The van der Waals surface area contributed by atoms with E-state index in [0.29, 0.717) is 0 Å². The predicted molar refractivity (Wildman–Crippen MR) is 91.5 cm³/mol. The monoisotopic (exact) mass is 304 g/mol. The van der Waals surface area contributed by atoms with Crippen LogP contribution in [0.15, 0.2) is 60.2 Å². The van der Waals surface area contributed by atoms with E-state index in [1.165, 1.54) is 5.56 Å². The summed E-state index contributed by atoms with van der Waals surface area (Å²) < 4.78 is 6.04. The van der Waals surface area contributed by atoms with Crippen molar-refractivity contribution in [2.24, 2.45) is 0 Å². The molecule has 4 rings (SSSR count). The van der Waals surface area contributed by atoms with Gasteiger partial charge in [-0.2, -0.15) is 0 Å². The van der Waals surface area contributed by atoms with Crippen LogP contribution in [0, 0.1) is 0 Å². The van der Waals surface area contributed by atoms with Crippen molar-refractivity contribution in [3.8, 4) is 0 Å². The molecular formula is C21H20O2. The first-order chi connectivity index (χ1) is 11.3. The van der Waals surface area contributed by atoms with E-state index < -0.39 is 0 Å². The number of carbonyl (C=O) groups excluding carboxylic acids is 1. The fourth-order valence-corrected chi connectivity index (χ4v) is 3.94. The van der Waals surface area contributed by atoms with Crippen molar-refractivity contribution in [3.63, 3.8) is 0 Å². The van der Waals surface area contributed by atoms with E-state index >= 15 is 0 Å². The minimum absolute atomic E-state index is 0.131. The molecule has 1 aliphatic carbocycles. The summed E-state index contributed by atoms with van der Waals surface area (Å²) in [5.41, 5.74) is 5.18. The second-order valence-electron chi connectivity index (χ2n) is 6.35. The minimum Gasteiger partial charge on any atom is -0.377 e. The Balaban J connectivity index is 1.88. The van der Waals surface area contributed by atoms with Gasteiger partial charge in [0.25, 0.3) is 0 Å². The second-order valence-corrected chi connectivity index (χ2v) is 6.35. The van der Waals surface area contributed by atoms with Crippen LogP contribution in [0.5, 0.6) is 0 Å². The summed E-state index contributed by atoms with van der Waals surface area (Å²) in [5, 5.41) is 0. The lowest BCUT2D eigenvalue weighted by Crippen LogP contribution is -2.19. The van der Waals surface area contributed by atoms with E-state index in [4.69, 9.17) is 4.74 Å². The molecule has 1 fully saturated rings. The van der Waals surface area contributed by atoms with Gasteiger partial charge in [-0.1, -0.05) is 54.6 Å². The molecule has 1 heterocycles. The zero-order valence-electron chi connectivity index (χ0n) is 13.3. The number of Topliss-reactive ketones (excluding diaryl/α,β-unsaturated/α-hetero) is 1. The molecule has 2 nitrogen and oxygen atoms in total. The zero-order valence-corrected chi connectivity index (χ0v) is 13.3. The molecule has 0 aromatic heterocycles. The van der Waals surface area contributed by atoms with E-state index in [1.54, 1.807) is 0 Å². The van der Waals surface area contributed by atoms with Crippen molar-refractivity contribution in [2.45, 2.75) is 31.8 Å². The van der Waals surface area contributed by atoms with Crippen molar-refractivity contribution in [3.05, 3.63) is 76.9 Å². The number of ketones is 1. The van der Waals surface area contributed by atoms with Gasteiger partial charge >= 0.3 is 0 Å². The van der Waals surface area contributed by atoms with Crippen LogP contribution in [-0.2, 0) is 4.74 Å². The maximum absolute atomic E-state index is 12.7. The molecule has 116 valence electrons. The molecule has 23 heavy (non-hydrogen) atoms. The molecule has 2 atom stereocenters. The van der Waals surface area contributed by atoms with Crippen molar-refractivity contribution in [2.75, 3.05) is 6.61 Å². The lowest BCUT2D eigenvalue weighted by Gasteiger charge is -2.26. The van der Waals surface area contributed by atoms with Crippen molar-refractivity contribution < 1.29 is 9.53 Å². The fraction of sp³-hybridized carbons (Fsp3) is 0.286. The number of rotatable bonds is 3. The molecule has 2 aliphatic rings. The third-order valence-corrected chi connectivity index (χ3v) is 5.01. The van der Waals surface area contributed by atoms with Crippen LogP contribution >= 0.6 is 0 Å². The maximum Gasteiger partial charge on any atom is 0.189 e.